The number of rotatable bonds is 3. The third-order valence-corrected chi connectivity index (χ3v) is 2.01. The van der Waals surface area contributed by atoms with E-state index in [1.54, 1.807) is 18.2 Å². The number of H-pyrrole nitrogens is 2. The van der Waals surface area contributed by atoms with Gasteiger partial charge in [0, 0.05) is 5.56 Å². The van der Waals surface area contributed by atoms with Gasteiger partial charge in [-0.2, -0.15) is 10.1 Å². The minimum absolute atomic E-state index is 0.169. The number of aromatic hydroxyl groups is 1. The summed E-state index contributed by atoms with van der Waals surface area (Å²) in [4.78, 5) is 3.88. The molecule has 16 heavy (non-hydrogen) atoms. The van der Waals surface area contributed by atoms with Crippen LogP contribution in [-0.2, 0) is 0 Å². The van der Waals surface area contributed by atoms with Gasteiger partial charge in [-0.3, -0.25) is 10.2 Å². The second-order valence-corrected chi connectivity index (χ2v) is 3.33. The van der Waals surface area contributed by atoms with E-state index in [4.69, 9.17) is 12.2 Å². The van der Waals surface area contributed by atoms with Crippen LogP contribution >= 0.6 is 12.2 Å². The highest BCUT2D eigenvalue weighted by Crippen LogP contribution is 2.12. The number of hydrogen-bond acceptors (Lipinski definition) is 5. The highest BCUT2D eigenvalue weighted by molar-refractivity contribution is 7.71. The van der Waals surface area contributed by atoms with Crippen molar-refractivity contribution in [2.45, 2.75) is 0 Å². The van der Waals surface area contributed by atoms with Crippen molar-refractivity contribution < 1.29 is 5.11 Å². The molecule has 6 nitrogen and oxygen atoms in total. The predicted molar refractivity (Wildman–Crippen MR) is 63.1 cm³/mol. The Morgan fingerprint density at radius 1 is 1.38 bits per heavy atom. The minimum Gasteiger partial charge on any atom is -0.507 e. The minimum atomic E-state index is 0.169. The lowest BCUT2D eigenvalue weighted by atomic mass is 10.2. The topological polar surface area (TPSA) is 89.1 Å². The van der Waals surface area contributed by atoms with E-state index < -0.39 is 0 Å². The van der Waals surface area contributed by atoms with Gasteiger partial charge in [-0.15, -0.1) is 0 Å². The lowest BCUT2D eigenvalue weighted by molar-refractivity contribution is 0.474. The van der Waals surface area contributed by atoms with E-state index >= 15 is 0 Å². The first-order chi connectivity index (χ1) is 7.75. The monoisotopic (exact) mass is 235 g/mol. The maximum absolute atomic E-state index is 9.45. The maximum atomic E-state index is 9.45. The van der Waals surface area contributed by atoms with Gasteiger partial charge in [-0.05, 0) is 24.4 Å². The molecule has 0 aliphatic heterocycles. The third-order valence-electron chi connectivity index (χ3n) is 1.81. The lowest BCUT2D eigenvalue weighted by Crippen LogP contribution is -1.92. The van der Waals surface area contributed by atoms with Gasteiger partial charge in [0.2, 0.25) is 10.7 Å². The summed E-state index contributed by atoms with van der Waals surface area (Å²) in [6, 6.07) is 6.88. The van der Waals surface area contributed by atoms with Gasteiger partial charge in [0.15, 0.2) is 0 Å². The molecule has 0 radical (unpaired) electrons. The van der Waals surface area contributed by atoms with Crippen molar-refractivity contribution in [1.82, 2.24) is 15.2 Å². The maximum Gasteiger partial charge on any atom is 0.238 e. The zero-order valence-corrected chi connectivity index (χ0v) is 8.95. The molecule has 1 aromatic heterocycles. The van der Waals surface area contributed by atoms with Crippen LogP contribution < -0.4 is 5.43 Å². The van der Waals surface area contributed by atoms with Crippen LogP contribution in [0.15, 0.2) is 29.4 Å². The molecule has 0 fully saturated rings. The second kappa shape index (κ2) is 4.58. The van der Waals surface area contributed by atoms with Gasteiger partial charge < -0.3 is 5.11 Å². The number of phenolic OH excluding ortho intramolecular Hbond substituents is 1. The summed E-state index contributed by atoms with van der Waals surface area (Å²) >= 11 is 4.77. The van der Waals surface area contributed by atoms with Crippen LogP contribution in [0.25, 0.3) is 0 Å². The Balaban J connectivity index is 2.05. The summed E-state index contributed by atoms with van der Waals surface area (Å²) in [5, 5.41) is 18.6. The number of hydrogen-bond donors (Lipinski definition) is 4. The van der Waals surface area contributed by atoms with Crippen molar-refractivity contribution in [3.63, 3.8) is 0 Å². The quantitative estimate of drug-likeness (QED) is 0.370. The van der Waals surface area contributed by atoms with E-state index in [0.717, 1.165) is 0 Å². The molecule has 82 valence electrons. The molecule has 1 heterocycles. The molecule has 0 bridgehead atoms. The van der Waals surface area contributed by atoms with Gasteiger partial charge in [-0.1, -0.05) is 12.1 Å². The molecule has 7 heteroatoms. The van der Waals surface area contributed by atoms with Crippen LogP contribution in [-0.4, -0.2) is 26.5 Å². The zero-order chi connectivity index (χ0) is 11.4. The predicted octanol–water partition coefficient (Wildman–Crippen LogP) is 1.62. The van der Waals surface area contributed by atoms with Crippen molar-refractivity contribution in [2.24, 2.45) is 5.10 Å². The van der Waals surface area contributed by atoms with Crippen LogP contribution in [0.1, 0.15) is 5.56 Å². The smallest absolute Gasteiger partial charge is 0.238 e. The third kappa shape index (κ3) is 2.45. The molecule has 0 aliphatic carbocycles. The fourth-order valence-electron chi connectivity index (χ4n) is 1.08. The average molecular weight is 235 g/mol. The fourth-order valence-corrected chi connectivity index (χ4v) is 1.23. The van der Waals surface area contributed by atoms with Crippen molar-refractivity contribution in [2.75, 3.05) is 5.43 Å². The Kier molecular flexibility index (Phi) is 2.97. The van der Waals surface area contributed by atoms with Crippen LogP contribution in [0.2, 0.25) is 0 Å². The number of aromatic nitrogens is 3. The molecule has 0 spiro atoms. The van der Waals surface area contributed by atoms with Crippen molar-refractivity contribution >= 4 is 24.4 Å². The molecule has 0 aliphatic rings. The summed E-state index contributed by atoms with van der Waals surface area (Å²) in [6.07, 6.45) is 1.49. The number of anilines is 1. The number of phenols is 1. The van der Waals surface area contributed by atoms with E-state index in [0.29, 0.717) is 16.3 Å². The zero-order valence-electron chi connectivity index (χ0n) is 8.14. The van der Waals surface area contributed by atoms with Crippen molar-refractivity contribution in [3.05, 3.63) is 34.6 Å². The molecule has 2 rings (SSSR count). The molecule has 0 unspecified atom stereocenters. The van der Waals surface area contributed by atoms with E-state index in [1.165, 1.54) is 6.21 Å². The highest BCUT2D eigenvalue weighted by atomic mass is 32.1. The van der Waals surface area contributed by atoms with Crippen molar-refractivity contribution in [1.29, 1.82) is 0 Å². The van der Waals surface area contributed by atoms with E-state index in [9.17, 15) is 5.11 Å². The Labute approximate surface area is 96.0 Å². The van der Waals surface area contributed by atoms with Gasteiger partial charge in [0.25, 0.3) is 0 Å². The number of para-hydroxylation sites is 1. The van der Waals surface area contributed by atoms with Gasteiger partial charge >= 0.3 is 0 Å². The van der Waals surface area contributed by atoms with E-state index in [1.807, 2.05) is 6.07 Å². The van der Waals surface area contributed by atoms with Gasteiger partial charge in [0.1, 0.15) is 5.75 Å². The number of nitrogens with one attached hydrogen (secondary N) is 3. The molecular formula is C9H9N5OS. The van der Waals surface area contributed by atoms with E-state index in [-0.39, 0.29) is 5.75 Å². The van der Waals surface area contributed by atoms with E-state index in [2.05, 4.69) is 25.7 Å². The fraction of sp³-hybridized carbons (Fsp3) is 0. The standard InChI is InChI=1S/C9H9N5OS/c15-7-4-2-1-3-6(7)5-10-12-8-11-9(16)14-13-8/h1-5,15H,(H3,11,12,13,14,16). The van der Waals surface area contributed by atoms with Crippen LogP contribution in [0.3, 0.4) is 0 Å². The summed E-state index contributed by atoms with van der Waals surface area (Å²) in [6.45, 7) is 0. The normalized spacial score (nSPS) is 10.8. The average Bonchev–Trinajstić information content (AvgIpc) is 2.67. The number of hydrazone groups is 1. The molecule has 2 aromatic rings. The lowest BCUT2D eigenvalue weighted by Gasteiger charge is -1.96. The van der Waals surface area contributed by atoms with Gasteiger partial charge in [0.05, 0.1) is 6.21 Å². The second-order valence-electron chi connectivity index (χ2n) is 2.94. The molecule has 0 amide bonds. The van der Waals surface area contributed by atoms with Crippen LogP contribution in [0, 0.1) is 4.77 Å². The Morgan fingerprint density at radius 2 is 2.19 bits per heavy atom. The Bertz CT molecular complexity index is 559. The molecular weight excluding hydrogens is 226 g/mol. The molecule has 4 N–H and O–H groups in total. The summed E-state index contributed by atoms with van der Waals surface area (Å²) in [5.41, 5.74) is 3.25. The number of aromatic amines is 2. The number of benzene rings is 1. The summed E-state index contributed by atoms with van der Waals surface area (Å²) in [5.74, 6) is 0.583. The van der Waals surface area contributed by atoms with Crippen LogP contribution in [0.5, 0.6) is 5.75 Å². The molecule has 0 saturated carbocycles. The largest absolute Gasteiger partial charge is 0.507 e. The first-order valence-electron chi connectivity index (χ1n) is 4.47. The Hall–Kier alpha value is -2.15. The Morgan fingerprint density at radius 3 is 2.88 bits per heavy atom. The summed E-state index contributed by atoms with van der Waals surface area (Å²) in [7, 11) is 0. The summed E-state index contributed by atoms with van der Waals surface area (Å²) < 4.78 is 0.347. The van der Waals surface area contributed by atoms with Crippen LogP contribution in [0.4, 0.5) is 5.95 Å². The van der Waals surface area contributed by atoms with Gasteiger partial charge in [-0.25, -0.2) is 5.43 Å². The SMILES string of the molecule is Oc1ccccc1C=NNc1nc(=S)[nH][nH]1. The first kappa shape index (κ1) is 10.4. The highest BCUT2D eigenvalue weighted by Gasteiger charge is 1.95. The molecule has 0 atom stereocenters. The first-order valence-corrected chi connectivity index (χ1v) is 4.88. The number of nitrogens with zero attached hydrogens (tertiary/aromatic N) is 2. The molecule has 1 aromatic carbocycles. The van der Waals surface area contributed by atoms with Crippen molar-refractivity contribution in [3.8, 4) is 5.75 Å². The molecule has 0 saturated heterocycles.